The van der Waals surface area contributed by atoms with Gasteiger partial charge in [0.05, 0.1) is 0 Å². The van der Waals surface area contributed by atoms with Gasteiger partial charge in [0.25, 0.3) is 0 Å². The van der Waals surface area contributed by atoms with E-state index in [2.05, 4.69) is 46.6 Å². The normalized spacial score (nSPS) is 34.9. The zero-order chi connectivity index (χ0) is 15.9. The summed E-state index contributed by atoms with van der Waals surface area (Å²) in [6.45, 7) is 13.0. The van der Waals surface area contributed by atoms with E-state index in [1.807, 2.05) is 0 Å². The summed E-state index contributed by atoms with van der Waals surface area (Å²) in [5.74, 6) is 0.820. The first-order valence-electron chi connectivity index (χ1n) is 9.04. The average molecular weight is 295 g/mol. The van der Waals surface area contributed by atoms with Crippen LogP contribution in [0.5, 0.6) is 0 Å². The number of nitrogens with zero attached hydrogens (tertiary/aromatic N) is 1. The first-order chi connectivity index (χ1) is 9.61. The Bertz CT molecular complexity index is 343. The predicted molar refractivity (Wildman–Crippen MR) is 92.4 cm³/mol. The highest BCUT2D eigenvalue weighted by molar-refractivity contribution is 5.05. The third-order valence-corrected chi connectivity index (χ3v) is 6.26. The van der Waals surface area contributed by atoms with Crippen molar-refractivity contribution in [2.45, 2.75) is 91.1 Å². The zero-order valence-corrected chi connectivity index (χ0v) is 15.3. The lowest BCUT2D eigenvalue weighted by Crippen LogP contribution is -2.63. The molecule has 2 atom stereocenters. The molecule has 2 aliphatic carbocycles. The van der Waals surface area contributed by atoms with Gasteiger partial charge in [-0.2, -0.15) is 0 Å². The molecule has 0 radical (unpaired) electrons. The van der Waals surface area contributed by atoms with Gasteiger partial charge in [-0.25, -0.2) is 0 Å². The van der Waals surface area contributed by atoms with Crippen molar-refractivity contribution in [1.29, 1.82) is 0 Å². The van der Waals surface area contributed by atoms with Crippen molar-refractivity contribution in [3.63, 3.8) is 0 Å². The molecule has 0 aliphatic heterocycles. The van der Waals surface area contributed by atoms with Crippen LogP contribution >= 0.6 is 0 Å². The molecule has 0 heterocycles. The zero-order valence-electron chi connectivity index (χ0n) is 15.3. The summed E-state index contributed by atoms with van der Waals surface area (Å²) < 4.78 is 0. The molecule has 21 heavy (non-hydrogen) atoms. The first-order valence-corrected chi connectivity index (χ1v) is 9.04. The smallest absolute Gasteiger partial charge is 0.0341 e. The monoisotopic (exact) mass is 294 g/mol. The van der Waals surface area contributed by atoms with E-state index in [0.29, 0.717) is 10.8 Å². The molecule has 2 rings (SSSR count). The van der Waals surface area contributed by atoms with Crippen molar-refractivity contribution < 1.29 is 0 Å². The molecule has 2 unspecified atom stereocenters. The van der Waals surface area contributed by atoms with Crippen LogP contribution in [0.1, 0.15) is 79.6 Å². The van der Waals surface area contributed by atoms with Gasteiger partial charge in [0, 0.05) is 18.1 Å². The number of hydrogen-bond acceptors (Lipinski definition) is 2. The minimum atomic E-state index is 0.196. The van der Waals surface area contributed by atoms with Crippen molar-refractivity contribution in [2.24, 2.45) is 22.5 Å². The van der Waals surface area contributed by atoms with Crippen molar-refractivity contribution >= 4 is 0 Å². The molecule has 0 spiro atoms. The lowest BCUT2D eigenvalue weighted by Gasteiger charge is -2.58. The van der Waals surface area contributed by atoms with Crippen molar-refractivity contribution in [1.82, 2.24) is 4.90 Å². The number of hydrogen-bond donors (Lipinski definition) is 1. The quantitative estimate of drug-likeness (QED) is 0.834. The number of rotatable bonds is 3. The SMILES string of the molecule is CC1CCCCC1N(C)C1(CN)CC(C)(C)CC(C)(C)C1. The Kier molecular flexibility index (Phi) is 4.81. The lowest BCUT2D eigenvalue weighted by molar-refractivity contribution is -0.0651. The molecule has 0 bridgehead atoms. The molecule has 0 aromatic rings. The highest BCUT2D eigenvalue weighted by Crippen LogP contribution is 2.52. The molecule has 0 aromatic heterocycles. The third-order valence-electron chi connectivity index (χ3n) is 6.26. The van der Waals surface area contributed by atoms with Gasteiger partial charge in [-0.05, 0) is 55.9 Å². The Balaban J connectivity index is 2.27. The average Bonchev–Trinajstić information content (AvgIpc) is 2.34. The summed E-state index contributed by atoms with van der Waals surface area (Å²) in [5, 5.41) is 0. The van der Waals surface area contributed by atoms with Gasteiger partial charge in [0.2, 0.25) is 0 Å². The maximum absolute atomic E-state index is 6.39. The summed E-state index contributed by atoms with van der Waals surface area (Å²) in [5.41, 5.74) is 7.38. The Morgan fingerprint density at radius 2 is 1.48 bits per heavy atom. The molecule has 0 saturated heterocycles. The standard InChI is InChI=1S/C19H38N2/c1-15-9-7-8-10-16(15)21(6)19(14-20)12-17(2,3)11-18(4,5)13-19/h15-16H,7-14,20H2,1-6H3. The van der Waals surface area contributed by atoms with Gasteiger partial charge >= 0.3 is 0 Å². The summed E-state index contributed by atoms with van der Waals surface area (Å²) in [6.07, 6.45) is 9.38. The highest BCUT2D eigenvalue weighted by Gasteiger charge is 2.50. The highest BCUT2D eigenvalue weighted by atomic mass is 15.2. The fraction of sp³-hybridized carbons (Fsp3) is 1.00. The number of likely N-dealkylation sites (N-methyl/N-ethyl adjacent to an activating group) is 1. The maximum atomic E-state index is 6.39. The Morgan fingerprint density at radius 1 is 0.952 bits per heavy atom. The predicted octanol–water partition coefficient (Wildman–Crippen LogP) is 4.43. The molecule has 2 heteroatoms. The second-order valence-electron chi connectivity index (χ2n) is 9.73. The van der Waals surface area contributed by atoms with E-state index in [-0.39, 0.29) is 5.54 Å². The summed E-state index contributed by atoms with van der Waals surface area (Å²) in [4.78, 5) is 2.72. The summed E-state index contributed by atoms with van der Waals surface area (Å²) >= 11 is 0. The Morgan fingerprint density at radius 3 is 1.95 bits per heavy atom. The largest absolute Gasteiger partial charge is 0.329 e. The van der Waals surface area contributed by atoms with Gasteiger partial charge in [-0.15, -0.1) is 0 Å². The fourth-order valence-electron chi connectivity index (χ4n) is 6.03. The van der Waals surface area contributed by atoms with E-state index >= 15 is 0 Å². The molecule has 2 aliphatic rings. The van der Waals surface area contributed by atoms with Crippen LogP contribution < -0.4 is 5.73 Å². The van der Waals surface area contributed by atoms with E-state index in [9.17, 15) is 0 Å². The second-order valence-corrected chi connectivity index (χ2v) is 9.73. The first kappa shape index (κ1) is 17.3. The molecule has 124 valence electrons. The molecular weight excluding hydrogens is 256 g/mol. The molecule has 2 N–H and O–H groups in total. The van der Waals surface area contributed by atoms with Crippen LogP contribution in [-0.4, -0.2) is 30.1 Å². The molecular formula is C19H38N2. The summed E-state index contributed by atoms with van der Waals surface area (Å²) in [6, 6.07) is 0.729. The molecule has 2 saturated carbocycles. The fourth-order valence-corrected chi connectivity index (χ4v) is 6.03. The summed E-state index contributed by atoms with van der Waals surface area (Å²) in [7, 11) is 2.37. The van der Waals surface area contributed by atoms with Crippen LogP contribution in [0.15, 0.2) is 0 Å². The van der Waals surface area contributed by atoms with E-state index in [1.54, 1.807) is 0 Å². The Hall–Kier alpha value is -0.0800. The molecule has 0 amide bonds. The molecule has 0 aromatic carbocycles. The van der Waals surface area contributed by atoms with E-state index < -0.39 is 0 Å². The molecule has 2 nitrogen and oxygen atoms in total. The maximum Gasteiger partial charge on any atom is 0.0341 e. The van der Waals surface area contributed by atoms with Crippen LogP contribution in [-0.2, 0) is 0 Å². The van der Waals surface area contributed by atoms with Gasteiger partial charge in [-0.3, -0.25) is 4.90 Å². The van der Waals surface area contributed by atoms with Gasteiger partial charge < -0.3 is 5.73 Å². The van der Waals surface area contributed by atoms with Gasteiger partial charge in [0.1, 0.15) is 0 Å². The second kappa shape index (κ2) is 5.85. The van der Waals surface area contributed by atoms with Crippen molar-refractivity contribution in [2.75, 3.05) is 13.6 Å². The van der Waals surface area contributed by atoms with Gasteiger partial charge in [0.15, 0.2) is 0 Å². The molecule has 2 fully saturated rings. The van der Waals surface area contributed by atoms with E-state index in [0.717, 1.165) is 18.5 Å². The van der Waals surface area contributed by atoms with Crippen LogP contribution in [0.2, 0.25) is 0 Å². The Labute approximate surface area is 132 Å². The van der Waals surface area contributed by atoms with Crippen LogP contribution in [0.3, 0.4) is 0 Å². The van der Waals surface area contributed by atoms with Gasteiger partial charge in [-0.1, -0.05) is 47.5 Å². The number of nitrogens with two attached hydrogens (primary N) is 1. The van der Waals surface area contributed by atoms with E-state index in [4.69, 9.17) is 5.73 Å². The van der Waals surface area contributed by atoms with Crippen molar-refractivity contribution in [3.8, 4) is 0 Å². The van der Waals surface area contributed by atoms with Crippen LogP contribution in [0.25, 0.3) is 0 Å². The minimum Gasteiger partial charge on any atom is -0.329 e. The third kappa shape index (κ3) is 3.64. The minimum absolute atomic E-state index is 0.196. The lowest BCUT2D eigenvalue weighted by atomic mass is 9.57. The van der Waals surface area contributed by atoms with E-state index in [1.165, 1.54) is 44.9 Å². The van der Waals surface area contributed by atoms with Crippen molar-refractivity contribution in [3.05, 3.63) is 0 Å². The van der Waals surface area contributed by atoms with Crippen LogP contribution in [0.4, 0.5) is 0 Å². The van der Waals surface area contributed by atoms with Crippen LogP contribution in [0, 0.1) is 16.7 Å². The topological polar surface area (TPSA) is 29.3 Å².